The van der Waals surface area contributed by atoms with E-state index in [2.05, 4.69) is 10.3 Å². The molecule has 6 heteroatoms. The number of nitrogens with one attached hydrogen (secondary N) is 1. The van der Waals surface area contributed by atoms with Crippen LogP contribution in [0.3, 0.4) is 0 Å². The van der Waals surface area contributed by atoms with Crippen LogP contribution in [0.2, 0.25) is 5.02 Å². The molecule has 0 radical (unpaired) electrons. The maximum absolute atomic E-state index is 12.8. The maximum atomic E-state index is 12.8. The van der Waals surface area contributed by atoms with Crippen molar-refractivity contribution in [3.05, 3.63) is 64.9 Å². The fourth-order valence-corrected chi connectivity index (χ4v) is 2.64. The standard InChI is InChI=1S/C20H24ClN3O2/c1-14(2)18(23-19(25)15-7-9-16(21)10-8-15)20(26)24(3)13-11-17-6-4-5-12-22-17/h4-10,12,14,18H,11,13H2,1-3H3,(H,23,25). The normalized spacial score (nSPS) is 11.9. The first-order valence-electron chi connectivity index (χ1n) is 8.60. The fourth-order valence-electron chi connectivity index (χ4n) is 2.52. The molecule has 0 aliphatic rings. The van der Waals surface area contributed by atoms with Gasteiger partial charge in [0.2, 0.25) is 5.91 Å². The van der Waals surface area contributed by atoms with E-state index in [1.165, 1.54) is 0 Å². The third-order valence-corrected chi connectivity index (χ3v) is 4.38. The van der Waals surface area contributed by atoms with E-state index >= 15 is 0 Å². The van der Waals surface area contributed by atoms with Crippen molar-refractivity contribution in [2.75, 3.05) is 13.6 Å². The monoisotopic (exact) mass is 373 g/mol. The Kier molecular flexibility index (Phi) is 7.16. The number of hydrogen-bond acceptors (Lipinski definition) is 3. The number of amides is 2. The topological polar surface area (TPSA) is 62.3 Å². The lowest BCUT2D eigenvalue weighted by molar-refractivity contribution is -0.133. The van der Waals surface area contributed by atoms with Crippen molar-refractivity contribution in [1.29, 1.82) is 0 Å². The summed E-state index contributed by atoms with van der Waals surface area (Å²) in [5.41, 5.74) is 1.41. The van der Waals surface area contributed by atoms with Crippen molar-refractivity contribution in [3.8, 4) is 0 Å². The highest BCUT2D eigenvalue weighted by Crippen LogP contribution is 2.12. The highest BCUT2D eigenvalue weighted by Gasteiger charge is 2.27. The summed E-state index contributed by atoms with van der Waals surface area (Å²) in [7, 11) is 1.75. The molecule has 26 heavy (non-hydrogen) atoms. The molecule has 0 aliphatic carbocycles. The van der Waals surface area contributed by atoms with Crippen molar-refractivity contribution in [2.45, 2.75) is 26.3 Å². The van der Waals surface area contributed by atoms with Crippen LogP contribution in [0, 0.1) is 5.92 Å². The molecule has 1 unspecified atom stereocenters. The molecule has 1 heterocycles. The summed E-state index contributed by atoms with van der Waals surface area (Å²) >= 11 is 5.85. The Morgan fingerprint density at radius 3 is 2.42 bits per heavy atom. The van der Waals surface area contributed by atoms with Gasteiger partial charge in [-0.15, -0.1) is 0 Å². The quantitative estimate of drug-likeness (QED) is 0.810. The summed E-state index contributed by atoms with van der Waals surface area (Å²) in [6.45, 7) is 4.37. The van der Waals surface area contributed by atoms with E-state index in [0.717, 1.165) is 5.69 Å². The van der Waals surface area contributed by atoms with Gasteiger partial charge in [0, 0.05) is 42.5 Å². The Labute approximate surface area is 159 Å². The zero-order valence-electron chi connectivity index (χ0n) is 15.3. The molecule has 0 saturated carbocycles. The minimum Gasteiger partial charge on any atom is -0.344 e. The van der Waals surface area contributed by atoms with Crippen molar-refractivity contribution >= 4 is 23.4 Å². The first-order valence-corrected chi connectivity index (χ1v) is 8.97. The van der Waals surface area contributed by atoms with Gasteiger partial charge in [-0.05, 0) is 42.3 Å². The summed E-state index contributed by atoms with van der Waals surface area (Å²) in [6, 6.07) is 11.7. The van der Waals surface area contributed by atoms with Crippen molar-refractivity contribution in [1.82, 2.24) is 15.2 Å². The van der Waals surface area contributed by atoms with Gasteiger partial charge in [-0.1, -0.05) is 31.5 Å². The number of pyridine rings is 1. The van der Waals surface area contributed by atoms with E-state index in [4.69, 9.17) is 11.6 Å². The first kappa shape index (κ1) is 19.9. The molecule has 0 fully saturated rings. The lowest BCUT2D eigenvalue weighted by Crippen LogP contribution is -2.50. The van der Waals surface area contributed by atoms with E-state index in [9.17, 15) is 9.59 Å². The number of nitrogens with zero attached hydrogens (tertiary/aromatic N) is 2. The fraction of sp³-hybridized carbons (Fsp3) is 0.350. The molecular formula is C20H24ClN3O2. The molecule has 0 bridgehead atoms. The average Bonchev–Trinajstić information content (AvgIpc) is 2.64. The van der Waals surface area contributed by atoms with E-state index in [0.29, 0.717) is 23.6 Å². The largest absolute Gasteiger partial charge is 0.344 e. The second-order valence-corrected chi connectivity index (χ2v) is 6.97. The van der Waals surface area contributed by atoms with Gasteiger partial charge in [0.1, 0.15) is 6.04 Å². The Bertz CT molecular complexity index is 732. The summed E-state index contributed by atoms with van der Waals surface area (Å²) in [5.74, 6) is -0.430. The van der Waals surface area contributed by atoms with Crippen LogP contribution in [0.4, 0.5) is 0 Å². The predicted octanol–water partition coefficient (Wildman–Crippen LogP) is 3.19. The van der Waals surface area contributed by atoms with Gasteiger partial charge in [0.05, 0.1) is 0 Å². The number of hydrogen-bond donors (Lipinski definition) is 1. The summed E-state index contributed by atoms with van der Waals surface area (Å²) in [4.78, 5) is 31.1. The Hall–Kier alpha value is -2.40. The molecule has 0 spiro atoms. The molecule has 1 N–H and O–H groups in total. The highest BCUT2D eigenvalue weighted by molar-refractivity contribution is 6.30. The third-order valence-electron chi connectivity index (χ3n) is 4.13. The number of carbonyl (C=O) groups excluding carboxylic acids is 2. The van der Waals surface area contributed by atoms with Crippen LogP contribution < -0.4 is 5.32 Å². The second-order valence-electron chi connectivity index (χ2n) is 6.53. The van der Waals surface area contributed by atoms with Crippen LogP contribution in [0.15, 0.2) is 48.7 Å². The minimum atomic E-state index is -0.591. The number of halogens is 1. The van der Waals surface area contributed by atoms with E-state index < -0.39 is 6.04 Å². The number of rotatable bonds is 7. The molecule has 1 aromatic carbocycles. The Morgan fingerprint density at radius 1 is 1.15 bits per heavy atom. The van der Waals surface area contributed by atoms with Gasteiger partial charge in [-0.2, -0.15) is 0 Å². The van der Waals surface area contributed by atoms with Crippen LogP contribution >= 0.6 is 11.6 Å². The number of benzene rings is 1. The van der Waals surface area contributed by atoms with Crippen molar-refractivity contribution in [2.24, 2.45) is 5.92 Å². The smallest absolute Gasteiger partial charge is 0.251 e. The Morgan fingerprint density at radius 2 is 1.85 bits per heavy atom. The summed E-state index contributed by atoms with van der Waals surface area (Å²) in [6.07, 6.45) is 2.40. The van der Waals surface area contributed by atoms with Gasteiger partial charge in [0.25, 0.3) is 5.91 Å². The van der Waals surface area contributed by atoms with Gasteiger partial charge in [0.15, 0.2) is 0 Å². The first-order chi connectivity index (χ1) is 12.4. The molecule has 2 aromatic rings. The molecule has 1 atom stereocenters. The van der Waals surface area contributed by atoms with Gasteiger partial charge >= 0.3 is 0 Å². The van der Waals surface area contributed by atoms with Gasteiger partial charge in [-0.3, -0.25) is 14.6 Å². The number of aromatic nitrogens is 1. The lowest BCUT2D eigenvalue weighted by Gasteiger charge is -2.27. The molecule has 2 rings (SSSR count). The lowest BCUT2D eigenvalue weighted by atomic mass is 10.0. The number of likely N-dealkylation sites (N-methyl/N-ethyl adjacent to an activating group) is 1. The van der Waals surface area contributed by atoms with Gasteiger partial charge in [-0.25, -0.2) is 0 Å². The van der Waals surface area contributed by atoms with E-state index in [-0.39, 0.29) is 17.7 Å². The third kappa shape index (κ3) is 5.56. The molecule has 1 aromatic heterocycles. The predicted molar refractivity (Wildman–Crippen MR) is 103 cm³/mol. The molecule has 138 valence electrons. The average molecular weight is 374 g/mol. The van der Waals surface area contributed by atoms with Crippen LogP contribution in [0.1, 0.15) is 29.9 Å². The summed E-state index contributed by atoms with van der Waals surface area (Å²) in [5, 5.41) is 3.40. The maximum Gasteiger partial charge on any atom is 0.251 e. The molecule has 0 saturated heterocycles. The highest BCUT2D eigenvalue weighted by atomic mass is 35.5. The minimum absolute atomic E-state index is 0.0314. The van der Waals surface area contributed by atoms with Crippen LogP contribution in [-0.4, -0.2) is 41.3 Å². The SMILES string of the molecule is CC(C)C(NC(=O)c1ccc(Cl)cc1)C(=O)N(C)CCc1ccccn1. The zero-order valence-corrected chi connectivity index (χ0v) is 16.0. The zero-order chi connectivity index (χ0) is 19.1. The molecule has 2 amide bonds. The van der Waals surface area contributed by atoms with Crippen LogP contribution in [-0.2, 0) is 11.2 Å². The summed E-state index contributed by atoms with van der Waals surface area (Å²) < 4.78 is 0. The van der Waals surface area contributed by atoms with Crippen LogP contribution in [0.5, 0.6) is 0 Å². The molecular weight excluding hydrogens is 350 g/mol. The van der Waals surface area contributed by atoms with E-state index in [1.807, 2.05) is 32.0 Å². The van der Waals surface area contributed by atoms with Crippen LogP contribution in [0.25, 0.3) is 0 Å². The Balaban J connectivity index is 1.99. The number of carbonyl (C=O) groups is 2. The molecule has 5 nitrogen and oxygen atoms in total. The van der Waals surface area contributed by atoms with Crippen molar-refractivity contribution in [3.63, 3.8) is 0 Å². The van der Waals surface area contributed by atoms with E-state index in [1.54, 1.807) is 42.4 Å². The van der Waals surface area contributed by atoms with Crippen molar-refractivity contribution < 1.29 is 9.59 Å². The molecule has 0 aliphatic heterocycles. The second kappa shape index (κ2) is 9.34. The van der Waals surface area contributed by atoms with Gasteiger partial charge < -0.3 is 10.2 Å².